The third kappa shape index (κ3) is 8.81. The largest absolute Gasteiger partial charge is 0.481 e. The number of amides is 3. The van der Waals surface area contributed by atoms with Gasteiger partial charge < -0.3 is 26.8 Å². The molecule has 0 aliphatic carbocycles. The van der Waals surface area contributed by atoms with Crippen LogP contribution in [0.3, 0.4) is 0 Å². The molecule has 0 spiro atoms. The van der Waals surface area contributed by atoms with E-state index >= 15 is 0 Å². The number of carboxylic acids is 1. The Hall–Kier alpha value is -2.16. The Bertz CT molecular complexity index is 317. The van der Waals surface area contributed by atoms with Crippen molar-refractivity contribution in [3.63, 3.8) is 0 Å². The maximum atomic E-state index is 11.1. The first kappa shape index (κ1) is 14.8. The minimum absolute atomic E-state index is 0.0680. The molecule has 0 atom stereocenters. The van der Waals surface area contributed by atoms with E-state index in [1.165, 1.54) is 0 Å². The van der Waals surface area contributed by atoms with Crippen molar-refractivity contribution < 1.29 is 24.3 Å². The van der Waals surface area contributed by atoms with Gasteiger partial charge in [-0.2, -0.15) is 0 Å². The summed E-state index contributed by atoms with van der Waals surface area (Å²) in [6.45, 7) is -0.303. The number of carbonyl (C=O) groups is 4. The molecule has 0 aliphatic rings. The highest BCUT2D eigenvalue weighted by Gasteiger charge is 2.09. The van der Waals surface area contributed by atoms with E-state index in [4.69, 9.17) is 10.8 Å². The molecule has 0 aromatic rings. The highest BCUT2D eigenvalue weighted by molar-refractivity contribution is 5.97. The molecule has 0 fully saturated rings. The van der Waals surface area contributed by atoms with Crippen LogP contribution in [-0.4, -0.2) is 42.1 Å². The number of carbonyl (C=O) groups excluding carboxylic acids is 3. The van der Waals surface area contributed by atoms with Gasteiger partial charge in [-0.1, -0.05) is 0 Å². The van der Waals surface area contributed by atoms with Gasteiger partial charge in [-0.05, 0) is 0 Å². The summed E-state index contributed by atoms with van der Waals surface area (Å²) in [6, 6.07) is 0. The maximum Gasteiger partial charge on any atom is 0.312 e. The van der Waals surface area contributed by atoms with Gasteiger partial charge in [-0.3, -0.25) is 19.2 Å². The molecule has 96 valence electrons. The monoisotopic (exact) mass is 246 g/mol. The summed E-state index contributed by atoms with van der Waals surface area (Å²) in [5, 5.41) is 14.8. The van der Waals surface area contributed by atoms with Gasteiger partial charge in [0, 0.05) is 0 Å². The lowest BCUT2D eigenvalue weighted by atomic mass is 10.4. The smallest absolute Gasteiger partial charge is 0.312 e. The molecule has 0 unspecified atom stereocenters. The molecule has 0 saturated heterocycles. The molecule has 0 aromatic carbocycles. The molecule has 9 heteroatoms. The SMILES string of the molecule is NCNC(=O)CC(=O)NCNC(=O)CC(=O)O. The van der Waals surface area contributed by atoms with E-state index in [9.17, 15) is 19.2 Å². The van der Waals surface area contributed by atoms with Crippen LogP contribution in [-0.2, 0) is 19.2 Å². The van der Waals surface area contributed by atoms with Crippen LogP contribution in [0.5, 0.6) is 0 Å². The highest BCUT2D eigenvalue weighted by atomic mass is 16.4. The zero-order valence-corrected chi connectivity index (χ0v) is 8.99. The number of hydrogen-bond donors (Lipinski definition) is 5. The molecule has 0 aliphatic heterocycles. The predicted molar refractivity (Wildman–Crippen MR) is 55.2 cm³/mol. The lowest BCUT2D eigenvalue weighted by molar-refractivity contribution is -0.140. The average molecular weight is 246 g/mol. The first-order chi connectivity index (χ1) is 7.95. The predicted octanol–water partition coefficient (Wildman–Crippen LogP) is -2.93. The second-order valence-electron chi connectivity index (χ2n) is 2.93. The van der Waals surface area contributed by atoms with Crippen molar-refractivity contribution in [3.05, 3.63) is 0 Å². The van der Waals surface area contributed by atoms with E-state index in [1.54, 1.807) is 0 Å². The fourth-order valence-electron chi connectivity index (χ4n) is 0.826. The Morgan fingerprint density at radius 3 is 1.82 bits per heavy atom. The lowest BCUT2D eigenvalue weighted by Gasteiger charge is -2.06. The highest BCUT2D eigenvalue weighted by Crippen LogP contribution is 1.80. The molecule has 0 saturated carbocycles. The van der Waals surface area contributed by atoms with Gasteiger partial charge in [-0.15, -0.1) is 0 Å². The van der Waals surface area contributed by atoms with E-state index in [2.05, 4.69) is 16.0 Å². The lowest BCUT2D eigenvalue weighted by Crippen LogP contribution is -2.40. The van der Waals surface area contributed by atoms with Crippen molar-refractivity contribution in [1.29, 1.82) is 0 Å². The molecule has 6 N–H and O–H groups in total. The van der Waals surface area contributed by atoms with Crippen molar-refractivity contribution in [1.82, 2.24) is 16.0 Å². The molecule has 0 rings (SSSR count). The van der Waals surface area contributed by atoms with Gasteiger partial charge in [-0.25, -0.2) is 0 Å². The first-order valence-electron chi connectivity index (χ1n) is 4.67. The van der Waals surface area contributed by atoms with Crippen LogP contribution in [0.4, 0.5) is 0 Å². The fraction of sp³-hybridized carbons (Fsp3) is 0.500. The second kappa shape index (κ2) is 8.05. The Kier molecular flexibility index (Phi) is 7.02. The van der Waals surface area contributed by atoms with Gasteiger partial charge in [0.05, 0.1) is 13.3 Å². The Balaban J connectivity index is 3.67. The first-order valence-corrected chi connectivity index (χ1v) is 4.67. The molecule has 0 bridgehead atoms. The summed E-state index contributed by atoms with van der Waals surface area (Å²) in [7, 11) is 0. The Morgan fingerprint density at radius 1 is 0.882 bits per heavy atom. The van der Waals surface area contributed by atoms with Gasteiger partial charge in [0.25, 0.3) is 0 Å². The maximum absolute atomic E-state index is 11.1. The number of hydrogen-bond acceptors (Lipinski definition) is 5. The van der Waals surface area contributed by atoms with Gasteiger partial charge in [0.1, 0.15) is 12.8 Å². The molecule has 17 heavy (non-hydrogen) atoms. The summed E-state index contributed by atoms with van der Waals surface area (Å²) in [5.74, 6) is -3.14. The molecule has 0 radical (unpaired) electrons. The van der Waals surface area contributed by atoms with Crippen molar-refractivity contribution in [2.24, 2.45) is 5.73 Å². The molecular weight excluding hydrogens is 232 g/mol. The van der Waals surface area contributed by atoms with Crippen molar-refractivity contribution >= 4 is 23.7 Å². The van der Waals surface area contributed by atoms with E-state index in [1.807, 2.05) is 0 Å². The number of nitrogens with one attached hydrogen (secondary N) is 3. The van der Waals surface area contributed by atoms with E-state index in [0.717, 1.165) is 0 Å². The normalized spacial score (nSPS) is 9.24. The van der Waals surface area contributed by atoms with Crippen molar-refractivity contribution in [2.75, 3.05) is 13.3 Å². The van der Waals surface area contributed by atoms with E-state index in [0.29, 0.717) is 0 Å². The topological polar surface area (TPSA) is 151 Å². The zero-order valence-electron chi connectivity index (χ0n) is 8.99. The van der Waals surface area contributed by atoms with Crippen LogP contribution in [0.2, 0.25) is 0 Å². The molecule has 9 nitrogen and oxygen atoms in total. The summed E-state index contributed by atoms with van der Waals surface area (Å²) in [5.41, 5.74) is 5.02. The van der Waals surface area contributed by atoms with E-state index in [-0.39, 0.29) is 13.3 Å². The number of carboxylic acid groups (broad SMARTS) is 1. The van der Waals surface area contributed by atoms with Gasteiger partial charge in [0.2, 0.25) is 17.7 Å². The van der Waals surface area contributed by atoms with Crippen LogP contribution in [0.15, 0.2) is 0 Å². The summed E-state index contributed by atoms with van der Waals surface area (Å²) in [6.07, 6.45) is -1.09. The second-order valence-corrected chi connectivity index (χ2v) is 2.93. The minimum atomic E-state index is -1.27. The standard InChI is InChI=1S/C8H14N4O5/c9-3-10-5(13)1-6(14)11-4-12-7(15)2-8(16)17/h1-4,9H2,(H,10,13)(H,11,14)(H,12,15)(H,16,17). The van der Waals surface area contributed by atoms with Gasteiger partial charge in [0.15, 0.2) is 0 Å². The number of nitrogens with two attached hydrogens (primary N) is 1. The molecular formula is C8H14N4O5. The minimum Gasteiger partial charge on any atom is -0.481 e. The zero-order chi connectivity index (χ0) is 13.3. The number of rotatable bonds is 7. The van der Waals surface area contributed by atoms with Crippen LogP contribution >= 0.6 is 0 Å². The van der Waals surface area contributed by atoms with Crippen LogP contribution in [0.1, 0.15) is 12.8 Å². The third-order valence-electron chi connectivity index (χ3n) is 1.50. The molecule has 0 heterocycles. The van der Waals surface area contributed by atoms with Crippen LogP contribution in [0.25, 0.3) is 0 Å². The summed E-state index contributed by atoms with van der Waals surface area (Å²) in [4.78, 5) is 42.9. The quantitative estimate of drug-likeness (QED) is 0.240. The Morgan fingerprint density at radius 2 is 1.35 bits per heavy atom. The Labute approximate surface area is 96.7 Å². The van der Waals surface area contributed by atoms with E-state index < -0.39 is 36.5 Å². The molecule has 0 aromatic heterocycles. The summed E-state index contributed by atoms with van der Waals surface area (Å²) >= 11 is 0. The van der Waals surface area contributed by atoms with Crippen LogP contribution < -0.4 is 21.7 Å². The van der Waals surface area contributed by atoms with Gasteiger partial charge >= 0.3 is 5.97 Å². The number of aliphatic carboxylic acids is 1. The van der Waals surface area contributed by atoms with Crippen molar-refractivity contribution in [2.45, 2.75) is 12.8 Å². The average Bonchev–Trinajstić information content (AvgIpc) is 2.16. The fourth-order valence-corrected chi connectivity index (χ4v) is 0.826. The third-order valence-corrected chi connectivity index (χ3v) is 1.50. The summed E-state index contributed by atoms with van der Waals surface area (Å²) < 4.78 is 0. The van der Waals surface area contributed by atoms with Crippen LogP contribution in [0, 0.1) is 0 Å². The molecule has 3 amide bonds. The van der Waals surface area contributed by atoms with Crippen molar-refractivity contribution in [3.8, 4) is 0 Å².